The van der Waals surface area contributed by atoms with Crippen LogP contribution in [0.5, 0.6) is 0 Å². The third-order valence-electron chi connectivity index (χ3n) is 4.36. The minimum absolute atomic E-state index is 0.332. The second kappa shape index (κ2) is 9.55. The molecule has 1 aromatic rings. The molecule has 0 N–H and O–H groups in total. The van der Waals surface area contributed by atoms with Gasteiger partial charge in [-0.2, -0.15) is 0 Å². The van der Waals surface area contributed by atoms with Crippen LogP contribution in [0, 0.1) is 0 Å². The molecular weight excluding hydrogens is 256 g/mol. The van der Waals surface area contributed by atoms with E-state index in [-0.39, 0.29) is 0 Å². The highest BCUT2D eigenvalue weighted by Gasteiger charge is 2.10. The summed E-state index contributed by atoms with van der Waals surface area (Å²) in [5.74, 6) is 0.332. The molecule has 21 heavy (non-hydrogen) atoms. The van der Waals surface area contributed by atoms with Crippen molar-refractivity contribution in [2.75, 3.05) is 0 Å². The average molecular weight is 284 g/mol. The molecule has 114 valence electrons. The van der Waals surface area contributed by atoms with E-state index in [4.69, 9.17) is 0 Å². The summed E-state index contributed by atoms with van der Waals surface area (Å²) in [5.41, 5.74) is 2.22. The van der Waals surface area contributed by atoms with E-state index >= 15 is 0 Å². The highest BCUT2D eigenvalue weighted by atomic mass is 16.1. The Kier molecular flexibility index (Phi) is 7.28. The molecule has 1 heteroatoms. The second-order valence-corrected chi connectivity index (χ2v) is 6.18. The maximum Gasteiger partial charge on any atom is 0.162 e. The Morgan fingerprint density at radius 3 is 2.14 bits per heavy atom. The van der Waals surface area contributed by atoms with Gasteiger partial charge in [-0.1, -0.05) is 74.9 Å². The molecule has 1 nitrogen and oxygen atoms in total. The number of carbonyl (C=O) groups excluding carboxylic acids is 1. The second-order valence-electron chi connectivity index (χ2n) is 6.18. The molecule has 0 atom stereocenters. The Morgan fingerprint density at radius 1 is 0.810 bits per heavy atom. The van der Waals surface area contributed by atoms with Crippen LogP contribution >= 0.6 is 0 Å². The number of benzene rings is 1. The predicted octanol–water partition coefficient (Wildman–Crippen LogP) is 5.64. The summed E-state index contributed by atoms with van der Waals surface area (Å²) in [7, 11) is 0. The number of Topliss-reactive ketones (excluding diaryl/α,β-unsaturated/α-hetero) is 1. The van der Waals surface area contributed by atoms with E-state index in [1.807, 2.05) is 30.3 Å². The van der Waals surface area contributed by atoms with Gasteiger partial charge in [0.15, 0.2) is 5.78 Å². The van der Waals surface area contributed by atoms with Crippen molar-refractivity contribution in [3.05, 3.63) is 47.5 Å². The minimum atomic E-state index is 0.332. The third-order valence-corrected chi connectivity index (χ3v) is 4.36. The van der Waals surface area contributed by atoms with Crippen molar-refractivity contribution < 1.29 is 4.79 Å². The normalized spacial score (nSPS) is 20.7. The van der Waals surface area contributed by atoms with E-state index in [9.17, 15) is 4.79 Å². The van der Waals surface area contributed by atoms with E-state index in [2.05, 4.69) is 6.08 Å². The van der Waals surface area contributed by atoms with Gasteiger partial charge in [0.1, 0.15) is 0 Å². The van der Waals surface area contributed by atoms with E-state index in [1.54, 1.807) is 0 Å². The van der Waals surface area contributed by atoms with Crippen molar-refractivity contribution in [2.24, 2.45) is 0 Å². The maximum atomic E-state index is 12.5. The number of allylic oxidation sites excluding steroid dienone is 2. The van der Waals surface area contributed by atoms with Gasteiger partial charge in [-0.3, -0.25) is 4.79 Å². The van der Waals surface area contributed by atoms with Crippen molar-refractivity contribution in [1.82, 2.24) is 0 Å². The van der Waals surface area contributed by atoms with Gasteiger partial charge in [0.25, 0.3) is 0 Å². The SMILES string of the molecule is O=C(Cc1ccccc1)/C1=C/CCCCCCCCCC1. The Morgan fingerprint density at radius 2 is 1.43 bits per heavy atom. The molecular formula is C20H28O. The predicted molar refractivity (Wildman–Crippen MR) is 89.4 cm³/mol. The van der Waals surface area contributed by atoms with Crippen molar-refractivity contribution in [3.8, 4) is 0 Å². The zero-order valence-electron chi connectivity index (χ0n) is 13.2. The van der Waals surface area contributed by atoms with Crippen LogP contribution in [0.3, 0.4) is 0 Å². The molecule has 0 bridgehead atoms. The molecule has 0 saturated heterocycles. The molecule has 0 amide bonds. The summed E-state index contributed by atoms with van der Waals surface area (Å²) >= 11 is 0. The zero-order chi connectivity index (χ0) is 14.8. The fraction of sp³-hybridized carbons (Fsp3) is 0.550. The number of hydrogen-bond donors (Lipinski definition) is 0. The van der Waals surface area contributed by atoms with Crippen LogP contribution in [0.4, 0.5) is 0 Å². The molecule has 1 aliphatic carbocycles. The van der Waals surface area contributed by atoms with Crippen molar-refractivity contribution in [1.29, 1.82) is 0 Å². The van der Waals surface area contributed by atoms with Crippen LogP contribution in [0.25, 0.3) is 0 Å². The first-order valence-corrected chi connectivity index (χ1v) is 8.62. The fourth-order valence-corrected chi connectivity index (χ4v) is 3.05. The Labute approximate surface area is 129 Å². The van der Waals surface area contributed by atoms with E-state index < -0.39 is 0 Å². The summed E-state index contributed by atoms with van der Waals surface area (Å²) in [4.78, 5) is 12.5. The Balaban J connectivity index is 1.93. The number of hydrogen-bond acceptors (Lipinski definition) is 1. The first kappa shape index (κ1) is 16.0. The molecule has 0 unspecified atom stereocenters. The van der Waals surface area contributed by atoms with Gasteiger partial charge in [0.05, 0.1) is 0 Å². The van der Waals surface area contributed by atoms with Crippen LogP contribution in [0.15, 0.2) is 42.0 Å². The lowest BCUT2D eigenvalue weighted by Crippen LogP contribution is -2.07. The van der Waals surface area contributed by atoms with Crippen LogP contribution in [0.1, 0.15) is 69.8 Å². The summed E-state index contributed by atoms with van der Waals surface area (Å²) in [6, 6.07) is 10.1. The Hall–Kier alpha value is -1.37. The highest BCUT2D eigenvalue weighted by molar-refractivity contribution is 5.96. The number of carbonyl (C=O) groups is 1. The summed E-state index contributed by atoms with van der Waals surface area (Å²) in [5, 5.41) is 0. The molecule has 0 fully saturated rings. The fourth-order valence-electron chi connectivity index (χ4n) is 3.05. The lowest BCUT2D eigenvalue weighted by atomic mass is 9.95. The van der Waals surface area contributed by atoms with Gasteiger partial charge in [-0.05, 0) is 36.8 Å². The average Bonchev–Trinajstić information content (AvgIpc) is 2.49. The summed E-state index contributed by atoms with van der Waals surface area (Å²) in [6.45, 7) is 0. The van der Waals surface area contributed by atoms with Gasteiger partial charge in [0.2, 0.25) is 0 Å². The standard InChI is InChI=1S/C20H28O/c21-20(17-18-13-9-8-10-14-18)19-15-11-6-4-2-1-3-5-7-12-16-19/h8-10,13-15H,1-7,11-12,16-17H2/b19-15+. The van der Waals surface area contributed by atoms with Crippen molar-refractivity contribution in [2.45, 2.75) is 70.6 Å². The lowest BCUT2D eigenvalue weighted by molar-refractivity contribution is -0.115. The van der Waals surface area contributed by atoms with E-state index in [1.165, 1.54) is 51.4 Å². The molecule has 0 radical (unpaired) electrons. The van der Waals surface area contributed by atoms with Gasteiger partial charge in [0, 0.05) is 6.42 Å². The molecule has 0 aliphatic heterocycles. The van der Waals surface area contributed by atoms with Gasteiger partial charge < -0.3 is 0 Å². The highest BCUT2D eigenvalue weighted by Crippen LogP contribution is 2.18. The topological polar surface area (TPSA) is 17.1 Å². The summed E-state index contributed by atoms with van der Waals surface area (Å²) in [6.07, 6.45) is 15.3. The molecule has 0 saturated carbocycles. The quantitative estimate of drug-likeness (QED) is 0.702. The van der Waals surface area contributed by atoms with Crippen LogP contribution in [0.2, 0.25) is 0 Å². The van der Waals surface area contributed by atoms with Crippen LogP contribution < -0.4 is 0 Å². The van der Waals surface area contributed by atoms with Crippen molar-refractivity contribution >= 4 is 5.78 Å². The first-order chi connectivity index (χ1) is 10.4. The largest absolute Gasteiger partial charge is 0.294 e. The summed E-state index contributed by atoms with van der Waals surface area (Å²) < 4.78 is 0. The molecule has 0 aromatic heterocycles. The number of ketones is 1. The van der Waals surface area contributed by atoms with E-state index in [0.29, 0.717) is 12.2 Å². The maximum absolute atomic E-state index is 12.5. The van der Waals surface area contributed by atoms with E-state index in [0.717, 1.165) is 24.0 Å². The van der Waals surface area contributed by atoms with Crippen LogP contribution in [-0.4, -0.2) is 5.78 Å². The van der Waals surface area contributed by atoms with Gasteiger partial charge in [-0.15, -0.1) is 0 Å². The zero-order valence-corrected chi connectivity index (χ0v) is 13.2. The van der Waals surface area contributed by atoms with Gasteiger partial charge in [-0.25, -0.2) is 0 Å². The molecule has 1 aromatic carbocycles. The third kappa shape index (κ3) is 6.29. The molecule has 1 aliphatic rings. The smallest absolute Gasteiger partial charge is 0.162 e. The molecule has 0 spiro atoms. The Bertz CT molecular complexity index is 444. The molecule has 2 rings (SSSR count). The minimum Gasteiger partial charge on any atom is -0.294 e. The van der Waals surface area contributed by atoms with Crippen molar-refractivity contribution in [3.63, 3.8) is 0 Å². The molecule has 0 heterocycles. The van der Waals surface area contributed by atoms with Crippen LogP contribution in [-0.2, 0) is 11.2 Å². The monoisotopic (exact) mass is 284 g/mol. The number of rotatable bonds is 3. The lowest BCUT2D eigenvalue weighted by Gasteiger charge is -2.09. The van der Waals surface area contributed by atoms with Gasteiger partial charge >= 0.3 is 0 Å². The first-order valence-electron chi connectivity index (χ1n) is 8.62.